The lowest BCUT2D eigenvalue weighted by molar-refractivity contribution is 0.324. The van der Waals surface area contributed by atoms with E-state index in [0.717, 1.165) is 0 Å². The molecule has 0 radical (unpaired) electrons. The molecule has 0 saturated carbocycles. The van der Waals surface area contributed by atoms with Crippen LogP contribution in [0.3, 0.4) is 0 Å². The molecule has 0 spiro atoms. The number of nitrogens with zero attached hydrogens (tertiary/aromatic N) is 4. The van der Waals surface area contributed by atoms with Gasteiger partial charge in [-0.15, -0.1) is 10.2 Å². The normalized spacial score (nSPS) is 11.1. The number of halogens is 1. The van der Waals surface area contributed by atoms with Gasteiger partial charge in [-0.2, -0.15) is 0 Å². The van der Waals surface area contributed by atoms with Crippen LogP contribution in [0.1, 0.15) is 5.82 Å². The molecule has 2 aromatic carbocycles. The second-order valence-corrected chi connectivity index (χ2v) is 6.24. The molecule has 148 valence electrons. The van der Waals surface area contributed by atoms with Crippen molar-refractivity contribution in [2.75, 3.05) is 21.3 Å². The van der Waals surface area contributed by atoms with Crippen molar-refractivity contribution in [1.29, 1.82) is 0 Å². The molecule has 0 aliphatic heterocycles. The third-order valence-electron chi connectivity index (χ3n) is 4.61. The third kappa shape index (κ3) is 2.91. The van der Waals surface area contributed by atoms with E-state index in [9.17, 15) is 9.18 Å². The summed E-state index contributed by atoms with van der Waals surface area (Å²) in [4.78, 5) is 17.8. The van der Waals surface area contributed by atoms with Gasteiger partial charge in [0, 0.05) is 17.5 Å². The van der Waals surface area contributed by atoms with Gasteiger partial charge in [0.15, 0.2) is 17.0 Å². The van der Waals surface area contributed by atoms with E-state index >= 15 is 0 Å². The maximum atomic E-state index is 13.7. The maximum absolute atomic E-state index is 13.7. The Morgan fingerprint density at radius 1 is 0.931 bits per heavy atom. The molecule has 0 amide bonds. The van der Waals surface area contributed by atoms with Crippen molar-refractivity contribution in [2.24, 2.45) is 0 Å². The summed E-state index contributed by atoms with van der Waals surface area (Å²) in [6.45, 7) is 1.68. The first-order chi connectivity index (χ1) is 14.0. The first-order valence-electron chi connectivity index (χ1n) is 8.64. The molecule has 0 unspecified atom stereocenters. The Morgan fingerprint density at radius 3 is 2.24 bits per heavy atom. The lowest BCUT2D eigenvalue weighted by Gasteiger charge is -2.16. The highest BCUT2D eigenvalue weighted by Gasteiger charge is 2.19. The zero-order valence-electron chi connectivity index (χ0n) is 16.2. The molecular formula is C20H17FN4O4. The van der Waals surface area contributed by atoms with Crippen molar-refractivity contribution in [3.63, 3.8) is 0 Å². The lowest BCUT2D eigenvalue weighted by atomic mass is 10.2. The van der Waals surface area contributed by atoms with E-state index in [4.69, 9.17) is 14.2 Å². The number of hydrogen-bond donors (Lipinski definition) is 0. The van der Waals surface area contributed by atoms with E-state index in [-0.39, 0.29) is 5.52 Å². The Bertz CT molecular complexity index is 1290. The van der Waals surface area contributed by atoms with Gasteiger partial charge in [-0.25, -0.2) is 9.37 Å². The van der Waals surface area contributed by atoms with Crippen molar-refractivity contribution in [3.8, 4) is 22.9 Å². The Labute approximate surface area is 164 Å². The minimum Gasteiger partial charge on any atom is -0.493 e. The smallest absolute Gasteiger partial charge is 0.286 e. The van der Waals surface area contributed by atoms with Gasteiger partial charge in [0.2, 0.25) is 5.75 Å². The van der Waals surface area contributed by atoms with Crippen molar-refractivity contribution >= 4 is 21.9 Å². The maximum Gasteiger partial charge on any atom is 0.286 e. The summed E-state index contributed by atoms with van der Waals surface area (Å²) >= 11 is 0. The molecule has 4 rings (SSSR count). The molecule has 0 N–H and O–H groups in total. The van der Waals surface area contributed by atoms with E-state index < -0.39 is 11.4 Å². The van der Waals surface area contributed by atoms with E-state index in [2.05, 4.69) is 15.2 Å². The van der Waals surface area contributed by atoms with Crippen LogP contribution in [0.25, 0.3) is 27.6 Å². The van der Waals surface area contributed by atoms with Gasteiger partial charge in [-0.1, -0.05) is 0 Å². The molecule has 9 heteroatoms. The highest BCUT2D eigenvalue weighted by molar-refractivity contribution is 6.00. The number of hydrogen-bond acceptors (Lipinski definition) is 7. The van der Waals surface area contributed by atoms with Crippen LogP contribution in [0.2, 0.25) is 0 Å². The highest BCUT2D eigenvalue weighted by atomic mass is 19.1. The fourth-order valence-electron chi connectivity index (χ4n) is 3.29. The zero-order chi connectivity index (χ0) is 20.7. The second-order valence-electron chi connectivity index (χ2n) is 6.24. The molecule has 0 atom stereocenters. The van der Waals surface area contributed by atoms with Gasteiger partial charge < -0.3 is 14.2 Å². The van der Waals surface area contributed by atoms with Crippen LogP contribution >= 0.6 is 0 Å². The van der Waals surface area contributed by atoms with Gasteiger partial charge in [-0.3, -0.25) is 9.36 Å². The summed E-state index contributed by atoms with van der Waals surface area (Å²) in [6.07, 6.45) is 0. The predicted molar refractivity (Wildman–Crippen MR) is 105 cm³/mol. The number of benzene rings is 2. The Hall–Kier alpha value is -3.75. The molecule has 29 heavy (non-hydrogen) atoms. The van der Waals surface area contributed by atoms with Crippen LogP contribution in [0, 0.1) is 12.7 Å². The monoisotopic (exact) mass is 396 g/mol. The fourth-order valence-corrected chi connectivity index (χ4v) is 3.29. The highest BCUT2D eigenvalue weighted by Crippen LogP contribution is 2.39. The Kier molecular flexibility index (Phi) is 4.50. The van der Waals surface area contributed by atoms with Crippen LogP contribution in [0.5, 0.6) is 17.2 Å². The van der Waals surface area contributed by atoms with Crippen molar-refractivity contribution in [2.45, 2.75) is 6.92 Å². The Balaban J connectivity index is 2.05. The van der Waals surface area contributed by atoms with E-state index in [1.165, 1.54) is 44.1 Å². The topological polar surface area (TPSA) is 88.4 Å². The summed E-state index contributed by atoms with van der Waals surface area (Å²) < 4.78 is 31.2. The van der Waals surface area contributed by atoms with Gasteiger partial charge >= 0.3 is 0 Å². The number of methoxy groups -OCH3 is 3. The van der Waals surface area contributed by atoms with Crippen LogP contribution < -0.4 is 19.8 Å². The summed E-state index contributed by atoms with van der Waals surface area (Å²) in [5, 5.41) is 8.48. The number of aromatic nitrogens is 4. The molecule has 2 aromatic heterocycles. The lowest BCUT2D eigenvalue weighted by Crippen LogP contribution is -2.23. The fraction of sp³-hybridized carbons (Fsp3) is 0.200. The van der Waals surface area contributed by atoms with Crippen LogP contribution in [0.15, 0.2) is 35.1 Å². The summed E-state index contributed by atoms with van der Waals surface area (Å²) in [6, 6.07) is 7.35. The number of ether oxygens (including phenoxy) is 3. The molecule has 0 aliphatic rings. The van der Waals surface area contributed by atoms with Crippen LogP contribution in [-0.2, 0) is 0 Å². The van der Waals surface area contributed by atoms with Gasteiger partial charge in [0.25, 0.3) is 5.56 Å². The van der Waals surface area contributed by atoms with Gasteiger partial charge in [0.1, 0.15) is 17.2 Å². The molecule has 0 fully saturated rings. The first kappa shape index (κ1) is 18.6. The number of rotatable bonds is 4. The molecule has 0 aliphatic carbocycles. The van der Waals surface area contributed by atoms with Crippen molar-refractivity contribution in [1.82, 2.24) is 19.7 Å². The minimum atomic E-state index is -0.444. The molecule has 0 saturated heterocycles. The van der Waals surface area contributed by atoms with Crippen LogP contribution in [0.4, 0.5) is 4.39 Å². The molecule has 8 nitrogen and oxygen atoms in total. The molecule has 2 heterocycles. The average molecular weight is 396 g/mol. The SMILES string of the molecule is COc1cc(-n2c(C)nc3c(nnc4ccc(F)cc43)c2=O)cc(OC)c1OC. The second kappa shape index (κ2) is 7.01. The third-order valence-corrected chi connectivity index (χ3v) is 4.61. The van der Waals surface area contributed by atoms with E-state index in [1.54, 1.807) is 19.1 Å². The molecular weight excluding hydrogens is 379 g/mol. The van der Waals surface area contributed by atoms with Crippen molar-refractivity contribution < 1.29 is 18.6 Å². The Morgan fingerprint density at radius 2 is 1.62 bits per heavy atom. The summed E-state index contributed by atoms with van der Waals surface area (Å²) in [5.74, 6) is 1.12. The predicted octanol–water partition coefficient (Wildman–Crippen LogP) is 2.80. The molecule has 4 aromatic rings. The van der Waals surface area contributed by atoms with Gasteiger partial charge in [0.05, 0.1) is 32.5 Å². The van der Waals surface area contributed by atoms with Gasteiger partial charge in [-0.05, 0) is 25.1 Å². The number of fused-ring (bicyclic) bond motifs is 3. The quantitative estimate of drug-likeness (QED) is 0.490. The average Bonchev–Trinajstić information content (AvgIpc) is 2.72. The molecule has 0 bridgehead atoms. The first-order valence-corrected chi connectivity index (χ1v) is 8.64. The van der Waals surface area contributed by atoms with Crippen molar-refractivity contribution in [3.05, 3.63) is 52.3 Å². The minimum absolute atomic E-state index is 0.0300. The standard InChI is InChI=1S/C20H17FN4O4/c1-10-22-17-13-7-11(21)5-6-14(13)23-24-18(17)20(26)25(10)12-8-15(27-2)19(29-4)16(9-12)28-3/h5-9H,1-4H3. The largest absolute Gasteiger partial charge is 0.493 e. The zero-order valence-corrected chi connectivity index (χ0v) is 16.2. The number of aryl methyl sites for hydroxylation is 1. The van der Waals surface area contributed by atoms with Crippen LogP contribution in [-0.4, -0.2) is 41.1 Å². The van der Waals surface area contributed by atoms with E-state index in [0.29, 0.717) is 45.2 Å². The summed E-state index contributed by atoms with van der Waals surface area (Å²) in [7, 11) is 4.47. The van der Waals surface area contributed by atoms with E-state index in [1.807, 2.05) is 0 Å². The summed E-state index contributed by atoms with van der Waals surface area (Å²) in [5.41, 5.74) is 0.789.